The Hall–Kier alpha value is -6.79. The van der Waals surface area contributed by atoms with E-state index in [1.165, 1.54) is 73.7 Å². The minimum absolute atomic E-state index is 0.664. The van der Waals surface area contributed by atoms with E-state index in [1.54, 1.807) is 0 Å². The molecule has 5 heteroatoms. The minimum atomic E-state index is 0.664. The standard InChI is InChI=1S/C51H31N3S2/c1-4-14-32(15-5-1)35-20-12-21-36(30-35)38-28-29-39(48-46(38)42-22-10-11-25-44(42)55-48)37-26-27-40-41-23-13-24-43(47(41)56-45(40)31-37)51-53-49(33-16-6-2-7-17-33)52-50(54-51)34-18-8-3-9-19-34/h1-31H. The highest BCUT2D eigenvalue weighted by Gasteiger charge is 2.19. The zero-order valence-corrected chi connectivity index (χ0v) is 31.7. The summed E-state index contributed by atoms with van der Waals surface area (Å²) in [7, 11) is 0. The van der Waals surface area contributed by atoms with Gasteiger partial charge in [-0.15, -0.1) is 22.7 Å². The van der Waals surface area contributed by atoms with E-state index in [4.69, 9.17) is 15.0 Å². The minimum Gasteiger partial charge on any atom is -0.208 e. The fourth-order valence-corrected chi connectivity index (χ4v) is 10.4. The Morgan fingerprint density at radius 3 is 1.59 bits per heavy atom. The van der Waals surface area contributed by atoms with Crippen LogP contribution in [-0.2, 0) is 0 Å². The summed E-state index contributed by atoms with van der Waals surface area (Å²) >= 11 is 3.69. The zero-order valence-electron chi connectivity index (χ0n) is 30.1. The van der Waals surface area contributed by atoms with E-state index in [-0.39, 0.29) is 0 Å². The molecule has 3 nitrogen and oxygen atoms in total. The lowest BCUT2D eigenvalue weighted by molar-refractivity contribution is 1.08. The van der Waals surface area contributed by atoms with Crippen molar-refractivity contribution < 1.29 is 0 Å². The predicted octanol–water partition coefficient (Wildman–Crippen LogP) is 14.6. The lowest BCUT2D eigenvalue weighted by Crippen LogP contribution is -2.00. The van der Waals surface area contributed by atoms with Crippen molar-refractivity contribution in [1.29, 1.82) is 0 Å². The third-order valence-electron chi connectivity index (χ3n) is 10.6. The Labute approximate surface area is 331 Å². The maximum absolute atomic E-state index is 5.08. The van der Waals surface area contributed by atoms with Gasteiger partial charge in [0.25, 0.3) is 0 Å². The zero-order chi connectivity index (χ0) is 37.0. The molecule has 0 saturated carbocycles. The Morgan fingerprint density at radius 1 is 0.286 bits per heavy atom. The van der Waals surface area contributed by atoms with Gasteiger partial charge in [-0.1, -0.05) is 164 Å². The second kappa shape index (κ2) is 13.5. The number of benzene rings is 8. The van der Waals surface area contributed by atoms with Gasteiger partial charge in [0.1, 0.15) is 0 Å². The summed E-state index contributed by atoms with van der Waals surface area (Å²) in [6.45, 7) is 0. The van der Waals surface area contributed by atoms with E-state index in [0.717, 1.165) is 16.7 Å². The van der Waals surface area contributed by atoms with Crippen LogP contribution < -0.4 is 0 Å². The Morgan fingerprint density at radius 2 is 0.839 bits per heavy atom. The Bertz CT molecular complexity index is 3180. The molecule has 56 heavy (non-hydrogen) atoms. The van der Waals surface area contributed by atoms with E-state index >= 15 is 0 Å². The van der Waals surface area contributed by atoms with Crippen molar-refractivity contribution in [2.24, 2.45) is 0 Å². The van der Waals surface area contributed by atoms with Crippen molar-refractivity contribution in [2.75, 3.05) is 0 Å². The number of thiophene rings is 2. The first-order valence-electron chi connectivity index (χ1n) is 18.7. The molecule has 0 saturated heterocycles. The van der Waals surface area contributed by atoms with Gasteiger partial charge in [-0.3, -0.25) is 0 Å². The lowest BCUT2D eigenvalue weighted by atomic mass is 9.93. The highest BCUT2D eigenvalue weighted by Crippen LogP contribution is 2.47. The number of hydrogen-bond donors (Lipinski definition) is 0. The van der Waals surface area contributed by atoms with E-state index in [0.29, 0.717) is 17.5 Å². The summed E-state index contributed by atoms with van der Waals surface area (Å²) in [6.07, 6.45) is 0. The normalized spacial score (nSPS) is 11.6. The second-order valence-electron chi connectivity index (χ2n) is 13.9. The highest BCUT2D eigenvalue weighted by atomic mass is 32.1. The molecule has 0 aliphatic heterocycles. The van der Waals surface area contributed by atoms with Crippen molar-refractivity contribution in [3.8, 4) is 67.5 Å². The fraction of sp³-hybridized carbons (Fsp3) is 0. The quantitative estimate of drug-likeness (QED) is 0.170. The molecule has 0 aliphatic carbocycles. The molecule has 0 bridgehead atoms. The van der Waals surface area contributed by atoms with E-state index in [2.05, 4.69) is 152 Å². The molecular formula is C51H31N3S2. The summed E-state index contributed by atoms with van der Waals surface area (Å²) < 4.78 is 5.01. The SMILES string of the molecule is c1ccc(-c2cccc(-c3ccc(-c4ccc5c(c4)sc4c(-c6nc(-c7ccccc7)nc(-c7ccccc7)n6)cccc45)c4sc5ccccc5c34)c2)cc1. The molecule has 11 rings (SSSR count). The highest BCUT2D eigenvalue weighted by molar-refractivity contribution is 7.27. The molecule has 262 valence electrons. The smallest absolute Gasteiger partial charge is 0.165 e. The molecule has 0 radical (unpaired) electrons. The van der Waals surface area contributed by atoms with Crippen LogP contribution in [0.2, 0.25) is 0 Å². The van der Waals surface area contributed by atoms with Gasteiger partial charge in [0, 0.05) is 57.0 Å². The lowest BCUT2D eigenvalue weighted by Gasteiger charge is -2.11. The van der Waals surface area contributed by atoms with Gasteiger partial charge in [0.05, 0.1) is 0 Å². The van der Waals surface area contributed by atoms with E-state index < -0.39 is 0 Å². The molecule has 0 fully saturated rings. The van der Waals surface area contributed by atoms with Crippen LogP contribution in [0.3, 0.4) is 0 Å². The average molecular weight is 750 g/mol. The molecule has 0 unspecified atom stereocenters. The molecule has 8 aromatic carbocycles. The van der Waals surface area contributed by atoms with Gasteiger partial charge in [-0.05, 0) is 57.6 Å². The van der Waals surface area contributed by atoms with Crippen molar-refractivity contribution in [3.63, 3.8) is 0 Å². The molecule has 11 aromatic rings. The molecule has 0 N–H and O–H groups in total. The summed E-state index contributed by atoms with van der Waals surface area (Å²) in [4.78, 5) is 15.1. The summed E-state index contributed by atoms with van der Waals surface area (Å²) in [5.41, 5.74) is 10.3. The summed E-state index contributed by atoms with van der Waals surface area (Å²) in [5.74, 6) is 2.00. The number of fused-ring (bicyclic) bond motifs is 6. The van der Waals surface area contributed by atoms with Gasteiger partial charge in [-0.25, -0.2) is 15.0 Å². The first-order valence-corrected chi connectivity index (χ1v) is 20.3. The third-order valence-corrected chi connectivity index (χ3v) is 13.0. The number of hydrogen-bond acceptors (Lipinski definition) is 5. The van der Waals surface area contributed by atoms with Crippen LogP contribution >= 0.6 is 22.7 Å². The van der Waals surface area contributed by atoms with Gasteiger partial charge in [-0.2, -0.15) is 0 Å². The molecule has 0 atom stereocenters. The number of aromatic nitrogens is 3. The van der Waals surface area contributed by atoms with Crippen molar-refractivity contribution in [2.45, 2.75) is 0 Å². The largest absolute Gasteiger partial charge is 0.208 e. The first kappa shape index (κ1) is 32.6. The second-order valence-corrected chi connectivity index (χ2v) is 16.0. The third kappa shape index (κ3) is 5.60. The topological polar surface area (TPSA) is 38.7 Å². The van der Waals surface area contributed by atoms with Crippen LogP contribution in [0.5, 0.6) is 0 Å². The van der Waals surface area contributed by atoms with Crippen LogP contribution in [-0.4, -0.2) is 15.0 Å². The van der Waals surface area contributed by atoms with Crippen LogP contribution in [0.1, 0.15) is 0 Å². The molecular weight excluding hydrogens is 719 g/mol. The van der Waals surface area contributed by atoms with Crippen molar-refractivity contribution >= 4 is 63.0 Å². The average Bonchev–Trinajstić information content (AvgIpc) is 3.86. The monoisotopic (exact) mass is 749 g/mol. The van der Waals surface area contributed by atoms with Gasteiger partial charge < -0.3 is 0 Å². The Balaban J connectivity index is 1.06. The van der Waals surface area contributed by atoms with E-state index in [1.807, 2.05) is 59.1 Å². The van der Waals surface area contributed by atoms with Crippen molar-refractivity contribution in [1.82, 2.24) is 15.0 Å². The molecule has 3 heterocycles. The summed E-state index contributed by atoms with van der Waals surface area (Å²) in [5, 5.41) is 5.05. The summed E-state index contributed by atoms with van der Waals surface area (Å²) in [6, 6.07) is 66.8. The molecule has 0 aliphatic rings. The van der Waals surface area contributed by atoms with Gasteiger partial charge in [0.2, 0.25) is 0 Å². The fourth-order valence-electron chi connectivity index (χ4n) is 7.86. The maximum Gasteiger partial charge on any atom is 0.165 e. The van der Waals surface area contributed by atoms with E-state index in [9.17, 15) is 0 Å². The Kier molecular flexibility index (Phi) is 7.87. The number of rotatable bonds is 6. The van der Waals surface area contributed by atoms with Crippen LogP contribution in [0.15, 0.2) is 188 Å². The van der Waals surface area contributed by atoms with Crippen LogP contribution in [0.4, 0.5) is 0 Å². The number of nitrogens with zero attached hydrogens (tertiary/aromatic N) is 3. The predicted molar refractivity (Wildman–Crippen MR) is 238 cm³/mol. The molecule has 0 spiro atoms. The maximum atomic E-state index is 5.08. The molecule has 0 amide bonds. The van der Waals surface area contributed by atoms with Gasteiger partial charge >= 0.3 is 0 Å². The first-order chi connectivity index (χ1) is 27.7. The molecule has 3 aromatic heterocycles. The van der Waals surface area contributed by atoms with Crippen LogP contribution in [0.25, 0.3) is 108 Å². The van der Waals surface area contributed by atoms with Gasteiger partial charge in [0.15, 0.2) is 17.5 Å². The van der Waals surface area contributed by atoms with Crippen LogP contribution in [0, 0.1) is 0 Å². The van der Waals surface area contributed by atoms with Crippen molar-refractivity contribution in [3.05, 3.63) is 188 Å².